The first-order valence-electron chi connectivity index (χ1n) is 8.35. The number of ether oxygens (including phenoxy) is 2. The maximum Gasteiger partial charge on any atom is 0.244 e. The van der Waals surface area contributed by atoms with Gasteiger partial charge in [-0.05, 0) is 49.9 Å². The van der Waals surface area contributed by atoms with Crippen molar-refractivity contribution in [2.45, 2.75) is 32.8 Å². The van der Waals surface area contributed by atoms with Crippen molar-refractivity contribution >= 4 is 24.7 Å². The van der Waals surface area contributed by atoms with E-state index in [0.29, 0.717) is 42.8 Å². The van der Waals surface area contributed by atoms with E-state index in [1.807, 2.05) is 25.1 Å². The number of allylic oxidation sites excluding steroid dienone is 1. The zero-order valence-corrected chi connectivity index (χ0v) is 14.7. The van der Waals surface area contributed by atoms with E-state index in [1.165, 1.54) is 13.1 Å². The van der Waals surface area contributed by atoms with Crippen LogP contribution in [0.2, 0.25) is 0 Å². The van der Waals surface area contributed by atoms with Crippen LogP contribution in [0.15, 0.2) is 34.9 Å². The second-order valence-electron chi connectivity index (χ2n) is 6.51. The first-order valence-corrected chi connectivity index (χ1v) is 8.35. The number of hydrogen-bond acceptors (Lipinski definition) is 5. The molecular formula is C18H21BN2O4. The van der Waals surface area contributed by atoms with E-state index in [0.717, 1.165) is 5.56 Å². The van der Waals surface area contributed by atoms with E-state index in [2.05, 4.69) is 10.3 Å². The summed E-state index contributed by atoms with van der Waals surface area (Å²) in [6, 6.07) is 5.79. The lowest BCUT2D eigenvalue weighted by molar-refractivity contribution is -0.129. The maximum absolute atomic E-state index is 12.3. The van der Waals surface area contributed by atoms with Gasteiger partial charge >= 0.3 is 0 Å². The molecule has 0 radical (unpaired) electrons. The molecule has 0 atom stereocenters. The number of aryl methyl sites for hydroxylation is 1. The Morgan fingerprint density at radius 3 is 2.68 bits per heavy atom. The van der Waals surface area contributed by atoms with Crippen LogP contribution in [0.25, 0.3) is 0 Å². The summed E-state index contributed by atoms with van der Waals surface area (Å²) in [6.45, 7) is 3.49. The molecule has 1 aromatic carbocycles. The Kier molecular flexibility index (Phi) is 4.92. The third-order valence-corrected chi connectivity index (χ3v) is 4.53. The number of ketones is 1. The van der Waals surface area contributed by atoms with Crippen LogP contribution >= 0.6 is 0 Å². The Labute approximate surface area is 147 Å². The van der Waals surface area contributed by atoms with Crippen LogP contribution in [-0.2, 0) is 9.59 Å². The fourth-order valence-electron chi connectivity index (χ4n) is 2.90. The molecule has 1 saturated carbocycles. The summed E-state index contributed by atoms with van der Waals surface area (Å²) in [5.74, 6) is 1.23. The molecule has 1 N–H and O–H groups in total. The van der Waals surface area contributed by atoms with Crippen LogP contribution in [0.4, 0.5) is 0 Å². The quantitative estimate of drug-likeness (QED) is 0.825. The fourth-order valence-corrected chi connectivity index (χ4v) is 2.90. The second-order valence-corrected chi connectivity index (χ2v) is 6.51. The average molecular weight is 340 g/mol. The highest BCUT2D eigenvalue weighted by Gasteiger charge is 2.37. The number of nitrogens with zero attached hydrogens (tertiary/aromatic N) is 1. The van der Waals surface area contributed by atoms with Gasteiger partial charge in [0, 0.05) is 12.1 Å². The minimum atomic E-state index is -0.0927. The Hall–Kier alpha value is -2.57. The van der Waals surface area contributed by atoms with Gasteiger partial charge in [-0.15, -0.1) is 0 Å². The summed E-state index contributed by atoms with van der Waals surface area (Å²) in [5.41, 5.74) is 2.26. The molecular weight excluding hydrogens is 319 g/mol. The summed E-state index contributed by atoms with van der Waals surface area (Å²) in [7, 11) is 2.01. The number of hydrogen-bond donors (Lipinski definition) is 1. The number of benzene rings is 1. The van der Waals surface area contributed by atoms with Crippen molar-refractivity contribution in [3.05, 3.63) is 35.4 Å². The summed E-state index contributed by atoms with van der Waals surface area (Å²) in [4.78, 5) is 27.6. The molecule has 2 aliphatic rings. The lowest BCUT2D eigenvalue weighted by Gasteiger charge is -2.34. The molecule has 0 unspecified atom stereocenters. The molecule has 0 spiro atoms. The van der Waals surface area contributed by atoms with E-state index < -0.39 is 0 Å². The number of amides is 1. The molecule has 0 saturated heterocycles. The van der Waals surface area contributed by atoms with E-state index >= 15 is 0 Å². The third kappa shape index (κ3) is 3.92. The zero-order valence-electron chi connectivity index (χ0n) is 14.7. The van der Waals surface area contributed by atoms with Gasteiger partial charge in [0.1, 0.15) is 11.9 Å². The van der Waals surface area contributed by atoms with Gasteiger partial charge < -0.3 is 14.8 Å². The number of carbonyl (C=O) groups excluding carboxylic acids is 2. The van der Waals surface area contributed by atoms with Crippen molar-refractivity contribution in [2.24, 2.45) is 10.9 Å². The third-order valence-electron chi connectivity index (χ3n) is 4.53. The number of methoxy groups -OCH3 is 1. The van der Waals surface area contributed by atoms with Gasteiger partial charge in [-0.3, -0.25) is 14.6 Å². The predicted molar refractivity (Wildman–Crippen MR) is 96.4 cm³/mol. The van der Waals surface area contributed by atoms with Crippen LogP contribution in [0.1, 0.15) is 25.3 Å². The highest BCUT2D eigenvalue weighted by atomic mass is 16.5. The monoisotopic (exact) mass is 340 g/mol. The van der Waals surface area contributed by atoms with Crippen molar-refractivity contribution in [1.29, 1.82) is 0 Å². The smallest absolute Gasteiger partial charge is 0.244 e. The zero-order chi connectivity index (χ0) is 18.0. The Morgan fingerprint density at radius 1 is 1.28 bits per heavy atom. The van der Waals surface area contributed by atoms with Gasteiger partial charge in [-0.1, -0.05) is 6.07 Å². The topological polar surface area (TPSA) is 77.0 Å². The Balaban J connectivity index is 1.48. The first kappa shape index (κ1) is 17.3. The maximum atomic E-state index is 12.3. The molecule has 0 bridgehead atoms. The van der Waals surface area contributed by atoms with E-state index in [1.54, 1.807) is 7.11 Å². The van der Waals surface area contributed by atoms with E-state index in [9.17, 15) is 9.59 Å². The van der Waals surface area contributed by atoms with Gasteiger partial charge in [-0.2, -0.15) is 0 Å². The molecule has 130 valence electrons. The second kappa shape index (κ2) is 7.13. The molecule has 7 heteroatoms. The molecule has 25 heavy (non-hydrogen) atoms. The molecule has 3 rings (SSSR count). The Morgan fingerprint density at radius 2 is 2.04 bits per heavy atom. The molecule has 0 aromatic heterocycles. The van der Waals surface area contributed by atoms with Crippen molar-refractivity contribution in [3.8, 4) is 11.5 Å². The molecule has 1 heterocycles. The Bertz CT molecular complexity index is 766. The molecule has 1 aliphatic heterocycles. The van der Waals surface area contributed by atoms with E-state index in [4.69, 9.17) is 9.47 Å². The molecule has 1 fully saturated rings. The van der Waals surface area contributed by atoms with Crippen LogP contribution in [0, 0.1) is 12.8 Å². The van der Waals surface area contributed by atoms with Gasteiger partial charge in [0.25, 0.3) is 0 Å². The number of amidine groups is 1. The van der Waals surface area contributed by atoms with Crippen LogP contribution in [0.5, 0.6) is 11.5 Å². The van der Waals surface area contributed by atoms with Gasteiger partial charge in [0.2, 0.25) is 13.2 Å². The standard InChI is InChI=1S/C18H21BN2O4/c1-10-4-5-15(24-3)16(6-10)25-13-7-12(8-13)17(23)21-18-19-14(9-20-18)11(2)22/h4-6,9,12-13,19H,7-8H2,1-3H3,(H,20,21,23). The SMILES string of the molecule is COc1ccc(C)cc1OC1CC(C(=O)NC2=NC=C(C(C)=O)B2)C1. The first-order chi connectivity index (χ1) is 12.0. The van der Waals surface area contributed by atoms with E-state index in [-0.39, 0.29) is 23.7 Å². The normalized spacial score (nSPS) is 21.4. The van der Waals surface area contributed by atoms with Crippen LogP contribution in [-0.4, -0.2) is 37.9 Å². The number of rotatable bonds is 5. The van der Waals surface area contributed by atoms with Crippen molar-refractivity contribution in [3.63, 3.8) is 0 Å². The summed E-state index contributed by atoms with van der Waals surface area (Å²) in [5, 5.41) is 2.81. The summed E-state index contributed by atoms with van der Waals surface area (Å²) < 4.78 is 11.3. The summed E-state index contributed by atoms with van der Waals surface area (Å²) in [6.07, 6.45) is 2.84. The average Bonchev–Trinajstić information content (AvgIpc) is 2.99. The molecule has 1 aliphatic carbocycles. The highest BCUT2D eigenvalue weighted by Crippen LogP contribution is 2.36. The largest absolute Gasteiger partial charge is 0.493 e. The minimum Gasteiger partial charge on any atom is -0.493 e. The van der Waals surface area contributed by atoms with Crippen molar-refractivity contribution in [1.82, 2.24) is 5.32 Å². The van der Waals surface area contributed by atoms with Crippen molar-refractivity contribution < 1.29 is 19.1 Å². The van der Waals surface area contributed by atoms with Gasteiger partial charge in [0.15, 0.2) is 11.5 Å². The number of Topliss-reactive ketones (excluding diaryl/α,β-unsaturated/α-hetero) is 1. The molecule has 1 amide bonds. The number of carbonyl (C=O) groups is 2. The highest BCUT2D eigenvalue weighted by molar-refractivity contribution is 6.85. The van der Waals surface area contributed by atoms with Crippen molar-refractivity contribution in [2.75, 3.05) is 7.11 Å². The lowest BCUT2D eigenvalue weighted by Crippen LogP contribution is -2.46. The van der Waals surface area contributed by atoms with Gasteiger partial charge in [-0.25, -0.2) is 0 Å². The number of nitrogens with one attached hydrogen (secondary N) is 1. The summed E-state index contributed by atoms with van der Waals surface area (Å²) >= 11 is 0. The predicted octanol–water partition coefficient (Wildman–Crippen LogP) is 1.51. The van der Waals surface area contributed by atoms with Crippen LogP contribution < -0.4 is 14.8 Å². The van der Waals surface area contributed by atoms with Gasteiger partial charge in [0.05, 0.1) is 12.8 Å². The van der Waals surface area contributed by atoms with Crippen LogP contribution in [0.3, 0.4) is 0 Å². The molecule has 1 aromatic rings. The molecule has 6 nitrogen and oxygen atoms in total. The minimum absolute atomic E-state index is 0.00266. The fraction of sp³-hybridized carbons (Fsp3) is 0.389. The number of aliphatic imine (C=N–C) groups is 1. The lowest BCUT2D eigenvalue weighted by atomic mass is 9.68.